The van der Waals surface area contributed by atoms with Crippen LogP contribution in [0, 0.1) is 6.92 Å². The van der Waals surface area contributed by atoms with Crippen molar-refractivity contribution in [2.75, 3.05) is 5.75 Å². The Morgan fingerprint density at radius 1 is 1.07 bits per heavy atom. The zero-order chi connectivity index (χ0) is 19.0. The Bertz CT molecular complexity index is 1050. The molecule has 1 aliphatic rings. The van der Waals surface area contributed by atoms with Gasteiger partial charge in [-0.2, -0.15) is 9.78 Å². The van der Waals surface area contributed by atoms with Gasteiger partial charge >= 0.3 is 0 Å². The summed E-state index contributed by atoms with van der Waals surface area (Å²) < 4.78 is 7.52. The lowest BCUT2D eigenvalue weighted by atomic mass is 10.1. The van der Waals surface area contributed by atoms with Crippen LogP contribution < -0.4 is 4.74 Å². The quantitative estimate of drug-likeness (QED) is 0.540. The van der Waals surface area contributed by atoms with Gasteiger partial charge in [0.2, 0.25) is 5.16 Å². The highest BCUT2D eigenvalue weighted by Crippen LogP contribution is 2.29. The first-order chi connectivity index (χ1) is 13.0. The molecule has 0 fully saturated rings. The molecule has 2 heterocycles. The standard InChI is InChI=1S/C18H13Cl3N4OS/c1-10-6-12(3-5-14(10)20)26-8-17-22-23-18-25(17)24-16(9-27-18)13-4-2-11(19)7-15(13)21/h2-7H,8-9H2,1H3. The summed E-state index contributed by atoms with van der Waals surface area (Å²) in [5, 5.41) is 15.6. The molecule has 4 rings (SSSR count). The van der Waals surface area contributed by atoms with E-state index in [1.54, 1.807) is 34.6 Å². The molecule has 27 heavy (non-hydrogen) atoms. The van der Waals surface area contributed by atoms with Crippen LogP contribution in [0.2, 0.25) is 15.1 Å². The summed E-state index contributed by atoms with van der Waals surface area (Å²) in [5.41, 5.74) is 2.62. The summed E-state index contributed by atoms with van der Waals surface area (Å²) in [6.07, 6.45) is 0. The predicted octanol–water partition coefficient (Wildman–Crippen LogP) is 5.48. The van der Waals surface area contributed by atoms with E-state index in [2.05, 4.69) is 15.3 Å². The second-order valence-corrected chi connectivity index (χ2v) is 8.06. The number of thioether (sulfide) groups is 1. The van der Waals surface area contributed by atoms with Gasteiger partial charge in [-0.05, 0) is 42.8 Å². The van der Waals surface area contributed by atoms with Gasteiger partial charge in [0, 0.05) is 21.4 Å². The summed E-state index contributed by atoms with van der Waals surface area (Å²) in [7, 11) is 0. The Hall–Kier alpha value is -1.73. The molecular weight excluding hydrogens is 427 g/mol. The number of aryl methyl sites for hydroxylation is 1. The molecule has 0 saturated heterocycles. The van der Waals surface area contributed by atoms with Crippen molar-refractivity contribution < 1.29 is 4.74 Å². The molecule has 0 unspecified atom stereocenters. The number of hydrogen-bond acceptors (Lipinski definition) is 5. The van der Waals surface area contributed by atoms with E-state index in [4.69, 9.17) is 39.5 Å². The fourth-order valence-electron chi connectivity index (χ4n) is 2.57. The second-order valence-electron chi connectivity index (χ2n) is 5.87. The molecule has 0 atom stereocenters. The first-order valence-corrected chi connectivity index (χ1v) is 10.1. The normalized spacial score (nSPS) is 13.3. The average Bonchev–Trinajstić information content (AvgIpc) is 3.05. The third-order valence-corrected chi connectivity index (χ3v) is 5.88. The maximum atomic E-state index is 6.32. The maximum absolute atomic E-state index is 6.32. The molecule has 138 valence electrons. The smallest absolute Gasteiger partial charge is 0.212 e. The third kappa shape index (κ3) is 3.94. The van der Waals surface area contributed by atoms with Gasteiger partial charge < -0.3 is 4.74 Å². The first kappa shape index (κ1) is 18.6. The number of nitrogens with zero attached hydrogens (tertiary/aromatic N) is 4. The fraction of sp³-hybridized carbons (Fsp3) is 0.167. The Morgan fingerprint density at radius 3 is 2.70 bits per heavy atom. The van der Waals surface area contributed by atoms with Gasteiger partial charge in [0.15, 0.2) is 5.82 Å². The van der Waals surface area contributed by atoms with E-state index in [9.17, 15) is 0 Å². The van der Waals surface area contributed by atoms with Crippen LogP contribution in [0.1, 0.15) is 17.0 Å². The van der Waals surface area contributed by atoms with Gasteiger partial charge in [0.25, 0.3) is 0 Å². The van der Waals surface area contributed by atoms with Crippen LogP contribution in [0.4, 0.5) is 0 Å². The van der Waals surface area contributed by atoms with Crippen molar-refractivity contribution in [3.63, 3.8) is 0 Å². The van der Waals surface area contributed by atoms with E-state index in [1.165, 1.54) is 0 Å². The molecule has 0 saturated carbocycles. The van der Waals surface area contributed by atoms with Crippen LogP contribution in [0.3, 0.4) is 0 Å². The molecule has 3 aromatic rings. The van der Waals surface area contributed by atoms with Gasteiger partial charge in [-0.3, -0.25) is 0 Å². The number of rotatable bonds is 4. The molecule has 1 aromatic heterocycles. The van der Waals surface area contributed by atoms with E-state index in [0.29, 0.717) is 32.4 Å². The van der Waals surface area contributed by atoms with E-state index in [-0.39, 0.29) is 6.61 Å². The van der Waals surface area contributed by atoms with E-state index in [1.807, 2.05) is 25.1 Å². The molecule has 0 radical (unpaired) electrons. The van der Waals surface area contributed by atoms with Gasteiger partial charge in [-0.25, -0.2) is 0 Å². The predicted molar refractivity (Wildman–Crippen MR) is 110 cm³/mol. The van der Waals surface area contributed by atoms with Crippen LogP contribution in [0.5, 0.6) is 5.75 Å². The lowest BCUT2D eigenvalue weighted by Gasteiger charge is -2.15. The van der Waals surface area contributed by atoms with Crippen molar-refractivity contribution in [1.29, 1.82) is 0 Å². The monoisotopic (exact) mass is 438 g/mol. The maximum Gasteiger partial charge on any atom is 0.212 e. The Morgan fingerprint density at radius 2 is 1.93 bits per heavy atom. The molecule has 1 aliphatic heterocycles. The number of hydrogen-bond donors (Lipinski definition) is 0. The van der Waals surface area contributed by atoms with Crippen LogP contribution in [0.25, 0.3) is 0 Å². The minimum atomic E-state index is 0.236. The highest BCUT2D eigenvalue weighted by atomic mass is 35.5. The minimum Gasteiger partial charge on any atom is -0.486 e. The van der Waals surface area contributed by atoms with Crippen LogP contribution >= 0.6 is 46.6 Å². The van der Waals surface area contributed by atoms with Gasteiger partial charge in [0.05, 0.1) is 10.7 Å². The van der Waals surface area contributed by atoms with Gasteiger partial charge in [0.1, 0.15) is 12.4 Å². The van der Waals surface area contributed by atoms with Crippen LogP contribution in [0.15, 0.2) is 46.7 Å². The average molecular weight is 440 g/mol. The molecule has 0 N–H and O–H groups in total. The lowest BCUT2D eigenvalue weighted by molar-refractivity contribution is 0.289. The van der Waals surface area contributed by atoms with Gasteiger partial charge in [-0.1, -0.05) is 52.6 Å². The number of halogens is 3. The Labute approximate surface area is 175 Å². The highest BCUT2D eigenvalue weighted by Gasteiger charge is 2.21. The number of ether oxygens (including phenoxy) is 1. The van der Waals surface area contributed by atoms with Crippen LogP contribution in [-0.4, -0.2) is 26.3 Å². The number of aromatic nitrogens is 3. The zero-order valence-corrected chi connectivity index (χ0v) is 17.2. The van der Waals surface area contributed by atoms with Crippen molar-refractivity contribution in [2.45, 2.75) is 18.7 Å². The molecule has 0 bridgehead atoms. The van der Waals surface area contributed by atoms with E-state index in [0.717, 1.165) is 22.0 Å². The largest absolute Gasteiger partial charge is 0.486 e. The molecule has 0 spiro atoms. The SMILES string of the molecule is Cc1cc(OCc2nnc3n2N=C(c2ccc(Cl)cc2Cl)CS3)ccc1Cl. The second kappa shape index (κ2) is 7.72. The highest BCUT2D eigenvalue weighted by molar-refractivity contribution is 7.99. The van der Waals surface area contributed by atoms with Crippen molar-refractivity contribution in [3.8, 4) is 5.75 Å². The number of fused-ring (bicyclic) bond motifs is 1. The number of benzene rings is 2. The molecule has 9 heteroatoms. The summed E-state index contributed by atoms with van der Waals surface area (Å²) >= 11 is 19.9. The molecule has 5 nitrogen and oxygen atoms in total. The summed E-state index contributed by atoms with van der Waals surface area (Å²) in [6, 6.07) is 10.9. The van der Waals surface area contributed by atoms with Crippen molar-refractivity contribution in [2.24, 2.45) is 5.10 Å². The van der Waals surface area contributed by atoms with Crippen molar-refractivity contribution in [1.82, 2.24) is 14.9 Å². The summed E-state index contributed by atoms with van der Waals surface area (Å²) in [6.45, 7) is 2.16. The first-order valence-electron chi connectivity index (χ1n) is 8.00. The minimum absolute atomic E-state index is 0.236. The van der Waals surface area contributed by atoms with Crippen molar-refractivity contribution in [3.05, 3.63) is 68.4 Å². The van der Waals surface area contributed by atoms with Gasteiger partial charge in [-0.15, -0.1) is 10.2 Å². The molecular formula is C18H13Cl3N4OS. The zero-order valence-electron chi connectivity index (χ0n) is 14.1. The lowest BCUT2D eigenvalue weighted by Crippen LogP contribution is -2.15. The fourth-order valence-corrected chi connectivity index (χ4v) is 4.05. The summed E-state index contributed by atoms with van der Waals surface area (Å²) in [4.78, 5) is 0. The molecule has 0 amide bonds. The van der Waals surface area contributed by atoms with E-state index < -0.39 is 0 Å². The summed E-state index contributed by atoms with van der Waals surface area (Å²) in [5.74, 6) is 1.96. The molecule has 2 aromatic carbocycles. The van der Waals surface area contributed by atoms with Crippen LogP contribution in [-0.2, 0) is 6.61 Å². The third-order valence-electron chi connectivity index (χ3n) is 3.97. The Balaban J connectivity index is 1.59. The van der Waals surface area contributed by atoms with Crippen molar-refractivity contribution >= 4 is 52.3 Å². The van der Waals surface area contributed by atoms with E-state index >= 15 is 0 Å². The topological polar surface area (TPSA) is 52.3 Å². The Kier molecular flexibility index (Phi) is 5.32. The molecule has 0 aliphatic carbocycles.